The summed E-state index contributed by atoms with van der Waals surface area (Å²) < 4.78 is 2.13. The van der Waals surface area contributed by atoms with Crippen molar-refractivity contribution < 1.29 is 14.7 Å². The van der Waals surface area contributed by atoms with E-state index in [9.17, 15) is 9.59 Å². The monoisotopic (exact) mass is 323 g/mol. The van der Waals surface area contributed by atoms with Crippen LogP contribution in [0.2, 0.25) is 0 Å². The van der Waals surface area contributed by atoms with E-state index in [1.165, 1.54) is 17.1 Å². The van der Waals surface area contributed by atoms with Gasteiger partial charge in [-0.05, 0) is 18.2 Å². The van der Waals surface area contributed by atoms with Gasteiger partial charge in [0.05, 0.1) is 11.8 Å². The number of carboxylic acid groups (broad SMARTS) is 1. The van der Waals surface area contributed by atoms with Gasteiger partial charge in [-0.2, -0.15) is 5.10 Å². The zero-order valence-electron chi connectivity index (χ0n) is 9.71. The standard InChI is InChI=1S/C12H10BrN3O3/c13-9-2-1-3-10(4-9)15-11(17)7-16-6-8(5-14-16)12(18)19/h1-6H,7H2,(H,15,17)(H,18,19). The lowest BCUT2D eigenvalue weighted by Crippen LogP contribution is -2.19. The number of hydrogen-bond donors (Lipinski definition) is 2. The Kier molecular flexibility index (Phi) is 3.96. The van der Waals surface area contributed by atoms with E-state index in [2.05, 4.69) is 26.3 Å². The molecule has 1 heterocycles. The Morgan fingerprint density at radius 3 is 2.84 bits per heavy atom. The van der Waals surface area contributed by atoms with Gasteiger partial charge < -0.3 is 10.4 Å². The smallest absolute Gasteiger partial charge is 0.338 e. The first kappa shape index (κ1) is 13.3. The number of halogens is 1. The molecule has 6 nitrogen and oxygen atoms in total. The highest BCUT2D eigenvalue weighted by atomic mass is 79.9. The maximum absolute atomic E-state index is 11.7. The van der Waals surface area contributed by atoms with Gasteiger partial charge in [-0.25, -0.2) is 4.79 Å². The van der Waals surface area contributed by atoms with Crippen LogP contribution in [0.15, 0.2) is 41.1 Å². The van der Waals surface area contributed by atoms with Gasteiger partial charge in [-0.3, -0.25) is 9.48 Å². The van der Waals surface area contributed by atoms with Crippen molar-refractivity contribution in [2.75, 3.05) is 5.32 Å². The minimum atomic E-state index is -1.07. The van der Waals surface area contributed by atoms with Crippen LogP contribution in [0.4, 0.5) is 5.69 Å². The van der Waals surface area contributed by atoms with Crippen molar-refractivity contribution in [2.24, 2.45) is 0 Å². The third kappa shape index (κ3) is 3.65. The van der Waals surface area contributed by atoms with Crippen LogP contribution in [-0.2, 0) is 11.3 Å². The molecule has 0 saturated heterocycles. The quantitative estimate of drug-likeness (QED) is 0.901. The molecule has 0 saturated carbocycles. The first-order valence-electron chi connectivity index (χ1n) is 5.36. The van der Waals surface area contributed by atoms with Crippen molar-refractivity contribution in [3.05, 3.63) is 46.7 Å². The number of amides is 1. The van der Waals surface area contributed by atoms with Gasteiger partial charge in [-0.15, -0.1) is 0 Å². The fraction of sp³-hybridized carbons (Fsp3) is 0.0833. The summed E-state index contributed by atoms with van der Waals surface area (Å²) in [6.45, 7) is -0.0419. The summed E-state index contributed by atoms with van der Waals surface area (Å²) >= 11 is 3.30. The average molecular weight is 324 g/mol. The fourth-order valence-electron chi connectivity index (χ4n) is 1.47. The molecule has 0 bridgehead atoms. The maximum Gasteiger partial charge on any atom is 0.338 e. The Morgan fingerprint density at radius 2 is 2.21 bits per heavy atom. The van der Waals surface area contributed by atoms with Crippen molar-refractivity contribution in [1.29, 1.82) is 0 Å². The molecule has 1 aromatic carbocycles. The number of aromatic carboxylic acids is 1. The minimum absolute atomic E-state index is 0.0419. The molecule has 0 spiro atoms. The molecule has 0 aliphatic rings. The van der Waals surface area contributed by atoms with Crippen LogP contribution in [0.5, 0.6) is 0 Å². The number of rotatable bonds is 4. The van der Waals surface area contributed by atoms with E-state index in [0.717, 1.165) is 4.47 Å². The Hall–Kier alpha value is -2.15. The number of carboxylic acids is 1. The number of carbonyl (C=O) groups is 2. The van der Waals surface area contributed by atoms with Gasteiger partial charge >= 0.3 is 5.97 Å². The van der Waals surface area contributed by atoms with Crippen LogP contribution in [-0.4, -0.2) is 26.8 Å². The van der Waals surface area contributed by atoms with E-state index < -0.39 is 5.97 Å². The molecule has 1 aromatic heterocycles. The van der Waals surface area contributed by atoms with E-state index in [1.54, 1.807) is 18.2 Å². The number of carbonyl (C=O) groups excluding carboxylic acids is 1. The Labute approximate surface area is 117 Å². The molecule has 7 heteroatoms. The molecular weight excluding hydrogens is 314 g/mol. The predicted molar refractivity (Wildman–Crippen MR) is 72.0 cm³/mol. The van der Waals surface area contributed by atoms with Crippen molar-refractivity contribution in [2.45, 2.75) is 6.54 Å². The normalized spacial score (nSPS) is 10.2. The third-order valence-electron chi connectivity index (χ3n) is 2.29. The second kappa shape index (κ2) is 5.66. The molecule has 0 unspecified atom stereocenters. The first-order chi connectivity index (χ1) is 9.04. The summed E-state index contributed by atoms with van der Waals surface area (Å²) in [6.07, 6.45) is 2.51. The summed E-state index contributed by atoms with van der Waals surface area (Å²) in [5, 5.41) is 15.2. The number of anilines is 1. The van der Waals surface area contributed by atoms with Gasteiger partial charge in [0.15, 0.2) is 0 Å². The molecule has 0 fully saturated rings. The molecule has 0 aliphatic carbocycles. The molecule has 0 atom stereocenters. The van der Waals surface area contributed by atoms with E-state index >= 15 is 0 Å². The van der Waals surface area contributed by atoms with E-state index in [0.29, 0.717) is 5.69 Å². The highest BCUT2D eigenvalue weighted by molar-refractivity contribution is 9.10. The Balaban J connectivity index is 1.99. The fourth-order valence-corrected chi connectivity index (χ4v) is 1.87. The van der Waals surface area contributed by atoms with E-state index in [-0.39, 0.29) is 18.0 Å². The molecule has 2 aromatic rings. The Bertz CT molecular complexity index is 624. The topological polar surface area (TPSA) is 84.2 Å². The van der Waals surface area contributed by atoms with Crippen LogP contribution >= 0.6 is 15.9 Å². The minimum Gasteiger partial charge on any atom is -0.478 e. The number of nitrogens with one attached hydrogen (secondary N) is 1. The third-order valence-corrected chi connectivity index (χ3v) is 2.79. The second-order valence-corrected chi connectivity index (χ2v) is 4.71. The molecule has 1 amide bonds. The van der Waals surface area contributed by atoms with Crippen molar-refractivity contribution >= 4 is 33.5 Å². The van der Waals surface area contributed by atoms with Crippen LogP contribution < -0.4 is 5.32 Å². The van der Waals surface area contributed by atoms with Gasteiger partial charge in [0.25, 0.3) is 0 Å². The van der Waals surface area contributed by atoms with Gasteiger partial charge in [-0.1, -0.05) is 22.0 Å². The van der Waals surface area contributed by atoms with Gasteiger partial charge in [0.1, 0.15) is 6.54 Å². The van der Waals surface area contributed by atoms with Crippen molar-refractivity contribution in [3.63, 3.8) is 0 Å². The number of aromatic nitrogens is 2. The molecule has 98 valence electrons. The maximum atomic E-state index is 11.7. The lowest BCUT2D eigenvalue weighted by molar-refractivity contribution is -0.116. The molecule has 19 heavy (non-hydrogen) atoms. The zero-order valence-corrected chi connectivity index (χ0v) is 11.3. The Morgan fingerprint density at radius 1 is 1.42 bits per heavy atom. The summed E-state index contributed by atoms with van der Waals surface area (Å²) in [7, 11) is 0. The molecule has 0 aliphatic heterocycles. The van der Waals surface area contributed by atoms with Crippen LogP contribution in [0.1, 0.15) is 10.4 Å². The van der Waals surface area contributed by atoms with Crippen LogP contribution in [0.3, 0.4) is 0 Å². The zero-order chi connectivity index (χ0) is 13.8. The lowest BCUT2D eigenvalue weighted by atomic mass is 10.3. The lowest BCUT2D eigenvalue weighted by Gasteiger charge is -2.05. The second-order valence-electron chi connectivity index (χ2n) is 3.79. The summed E-state index contributed by atoms with van der Waals surface area (Å²) in [4.78, 5) is 22.4. The largest absolute Gasteiger partial charge is 0.478 e. The number of nitrogens with zero attached hydrogens (tertiary/aromatic N) is 2. The van der Waals surface area contributed by atoms with Crippen molar-refractivity contribution in [1.82, 2.24) is 9.78 Å². The summed E-state index contributed by atoms with van der Waals surface area (Å²) in [5.41, 5.74) is 0.709. The predicted octanol–water partition coefficient (Wildman–Crippen LogP) is 1.98. The highest BCUT2D eigenvalue weighted by Gasteiger charge is 2.09. The van der Waals surface area contributed by atoms with Crippen molar-refractivity contribution in [3.8, 4) is 0 Å². The summed E-state index contributed by atoms with van der Waals surface area (Å²) in [5.74, 6) is -1.35. The first-order valence-corrected chi connectivity index (χ1v) is 6.15. The molecular formula is C12H10BrN3O3. The van der Waals surface area contributed by atoms with E-state index in [4.69, 9.17) is 5.11 Å². The average Bonchev–Trinajstić information content (AvgIpc) is 2.77. The van der Waals surface area contributed by atoms with Gasteiger partial charge in [0.2, 0.25) is 5.91 Å². The number of benzene rings is 1. The molecule has 2 rings (SSSR count). The SMILES string of the molecule is O=C(Cn1cc(C(=O)O)cn1)Nc1cccc(Br)c1. The highest BCUT2D eigenvalue weighted by Crippen LogP contribution is 2.15. The van der Waals surface area contributed by atoms with E-state index in [1.807, 2.05) is 6.07 Å². The van der Waals surface area contributed by atoms with Crippen LogP contribution in [0, 0.1) is 0 Å². The van der Waals surface area contributed by atoms with Gasteiger partial charge in [0, 0.05) is 16.4 Å². The molecule has 2 N–H and O–H groups in total. The van der Waals surface area contributed by atoms with Crippen LogP contribution in [0.25, 0.3) is 0 Å². The molecule has 0 radical (unpaired) electrons. The summed E-state index contributed by atoms with van der Waals surface area (Å²) in [6, 6.07) is 7.18. The number of hydrogen-bond acceptors (Lipinski definition) is 3.